The van der Waals surface area contributed by atoms with E-state index in [0.717, 1.165) is 12.3 Å². The Labute approximate surface area is 134 Å². The van der Waals surface area contributed by atoms with E-state index in [1.807, 2.05) is 0 Å². The first-order chi connectivity index (χ1) is 10.5. The van der Waals surface area contributed by atoms with E-state index in [0.29, 0.717) is 12.5 Å². The lowest BCUT2D eigenvalue weighted by atomic mass is 10.0. The fourth-order valence-electron chi connectivity index (χ4n) is 2.52. The van der Waals surface area contributed by atoms with Crippen LogP contribution in [0.25, 0.3) is 0 Å². The minimum absolute atomic E-state index is 0.475. The van der Waals surface area contributed by atoms with Gasteiger partial charge in [-0.05, 0) is 61.1 Å². The SMILES string of the molecule is Cc1ccc(C)c(NCCOc2cc(C)ccc2C(C)C)c1. The summed E-state index contributed by atoms with van der Waals surface area (Å²) in [6, 6.07) is 12.9. The van der Waals surface area contributed by atoms with Crippen molar-refractivity contribution in [1.82, 2.24) is 0 Å². The molecular formula is C20H27NO. The third-order valence-corrected chi connectivity index (χ3v) is 3.86. The highest BCUT2D eigenvalue weighted by atomic mass is 16.5. The van der Waals surface area contributed by atoms with Gasteiger partial charge in [0, 0.05) is 12.2 Å². The molecule has 0 saturated carbocycles. The molecule has 0 amide bonds. The smallest absolute Gasteiger partial charge is 0.123 e. The number of benzene rings is 2. The molecule has 0 aliphatic heterocycles. The topological polar surface area (TPSA) is 21.3 Å². The molecule has 0 bridgehead atoms. The highest BCUT2D eigenvalue weighted by molar-refractivity contribution is 5.52. The molecule has 2 heteroatoms. The van der Waals surface area contributed by atoms with Gasteiger partial charge in [-0.25, -0.2) is 0 Å². The number of rotatable bonds is 6. The van der Waals surface area contributed by atoms with E-state index >= 15 is 0 Å². The van der Waals surface area contributed by atoms with Crippen molar-refractivity contribution < 1.29 is 4.74 Å². The Morgan fingerprint density at radius 3 is 2.36 bits per heavy atom. The highest BCUT2D eigenvalue weighted by Crippen LogP contribution is 2.27. The number of anilines is 1. The van der Waals surface area contributed by atoms with Gasteiger partial charge in [0.2, 0.25) is 0 Å². The molecule has 2 aromatic rings. The molecule has 2 nitrogen and oxygen atoms in total. The Bertz CT molecular complexity index is 632. The summed E-state index contributed by atoms with van der Waals surface area (Å²) in [7, 11) is 0. The fourth-order valence-corrected chi connectivity index (χ4v) is 2.52. The van der Waals surface area contributed by atoms with E-state index in [2.05, 4.69) is 76.3 Å². The van der Waals surface area contributed by atoms with Gasteiger partial charge >= 0.3 is 0 Å². The lowest BCUT2D eigenvalue weighted by molar-refractivity contribution is 0.328. The van der Waals surface area contributed by atoms with E-state index in [-0.39, 0.29) is 0 Å². The molecule has 22 heavy (non-hydrogen) atoms. The number of aryl methyl sites for hydroxylation is 3. The van der Waals surface area contributed by atoms with Crippen LogP contribution in [-0.4, -0.2) is 13.2 Å². The van der Waals surface area contributed by atoms with Crippen LogP contribution in [0, 0.1) is 20.8 Å². The summed E-state index contributed by atoms with van der Waals surface area (Å²) in [5.74, 6) is 1.49. The maximum absolute atomic E-state index is 6.01. The standard InChI is InChI=1S/C20H27NO/c1-14(2)18-9-7-16(4)13-20(18)22-11-10-21-19-12-15(3)6-8-17(19)5/h6-9,12-14,21H,10-11H2,1-5H3. The minimum atomic E-state index is 0.475. The van der Waals surface area contributed by atoms with Gasteiger partial charge in [-0.1, -0.05) is 38.1 Å². The molecule has 0 fully saturated rings. The lowest BCUT2D eigenvalue weighted by Gasteiger charge is -2.16. The summed E-state index contributed by atoms with van der Waals surface area (Å²) < 4.78 is 6.01. The molecule has 0 aliphatic rings. The van der Waals surface area contributed by atoms with Gasteiger partial charge in [-0.2, -0.15) is 0 Å². The zero-order chi connectivity index (χ0) is 16.1. The molecule has 0 unspecified atom stereocenters. The largest absolute Gasteiger partial charge is 0.491 e. The van der Waals surface area contributed by atoms with Crippen LogP contribution in [0.15, 0.2) is 36.4 Å². The molecule has 118 valence electrons. The van der Waals surface area contributed by atoms with Crippen LogP contribution in [0.4, 0.5) is 5.69 Å². The summed E-state index contributed by atoms with van der Waals surface area (Å²) in [4.78, 5) is 0. The van der Waals surface area contributed by atoms with Crippen molar-refractivity contribution in [3.63, 3.8) is 0 Å². The average Bonchev–Trinajstić information content (AvgIpc) is 2.46. The van der Waals surface area contributed by atoms with Crippen molar-refractivity contribution >= 4 is 5.69 Å². The number of ether oxygens (including phenoxy) is 1. The summed E-state index contributed by atoms with van der Waals surface area (Å²) in [6.45, 7) is 12.2. The second-order valence-corrected chi connectivity index (χ2v) is 6.29. The van der Waals surface area contributed by atoms with Crippen LogP contribution in [0.5, 0.6) is 5.75 Å². The maximum atomic E-state index is 6.01. The quantitative estimate of drug-likeness (QED) is 0.737. The van der Waals surface area contributed by atoms with Crippen molar-refractivity contribution in [2.45, 2.75) is 40.5 Å². The van der Waals surface area contributed by atoms with Gasteiger partial charge in [-0.3, -0.25) is 0 Å². The van der Waals surface area contributed by atoms with E-state index in [4.69, 9.17) is 4.74 Å². The molecule has 0 spiro atoms. The predicted molar refractivity (Wildman–Crippen MR) is 95.2 cm³/mol. The summed E-state index contributed by atoms with van der Waals surface area (Å²) in [5.41, 5.74) is 6.25. The van der Waals surface area contributed by atoms with Crippen LogP contribution in [-0.2, 0) is 0 Å². The highest BCUT2D eigenvalue weighted by Gasteiger charge is 2.08. The maximum Gasteiger partial charge on any atom is 0.123 e. The van der Waals surface area contributed by atoms with Crippen LogP contribution in [0.2, 0.25) is 0 Å². The normalized spacial score (nSPS) is 10.8. The van der Waals surface area contributed by atoms with Crippen molar-refractivity contribution in [2.75, 3.05) is 18.5 Å². The number of nitrogens with one attached hydrogen (secondary N) is 1. The average molecular weight is 297 g/mol. The zero-order valence-corrected chi connectivity index (χ0v) is 14.4. The second-order valence-electron chi connectivity index (χ2n) is 6.29. The van der Waals surface area contributed by atoms with Crippen molar-refractivity contribution in [1.29, 1.82) is 0 Å². The van der Waals surface area contributed by atoms with Crippen LogP contribution < -0.4 is 10.1 Å². The van der Waals surface area contributed by atoms with Gasteiger partial charge < -0.3 is 10.1 Å². The molecule has 0 heterocycles. The van der Waals surface area contributed by atoms with Crippen LogP contribution >= 0.6 is 0 Å². The van der Waals surface area contributed by atoms with Crippen LogP contribution in [0.3, 0.4) is 0 Å². The van der Waals surface area contributed by atoms with Gasteiger partial charge in [-0.15, -0.1) is 0 Å². The van der Waals surface area contributed by atoms with Gasteiger partial charge in [0.25, 0.3) is 0 Å². The Hall–Kier alpha value is -1.96. The molecular weight excluding hydrogens is 270 g/mol. The summed E-state index contributed by atoms with van der Waals surface area (Å²) >= 11 is 0. The first-order valence-corrected chi connectivity index (χ1v) is 8.02. The first-order valence-electron chi connectivity index (χ1n) is 8.02. The molecule has 0 saturated heterocycles. The number of hydrogen-bond acceptors (Lipinski definition) is 2. The Kier molecular flexibility index (Phi) is 5.48. The third kappa shape index (κ3) is 4.27. The van der Waals surface area contributed by atoms with Crippen molar-refractivity contribution in [2.24, 2.45) is 0 Å². The number of hydrogen-bond donors (Lipinski definition) is 1. The summed E-state index contributed by atoms with van der Waals surface area (Å²) in [5, 5.41) is 3.46. The zero-order valence-electron chi connectivity index (χ0n) is 14.4. The Morgan fingerprint density at radius 1 is 0.955 bits per heavy atom. The molecule has 0 atom stereocenters. The second kappa shape index (κ2) is 7.35. The molecule has 0 aromatic heterocycles. The molecule has 1 N–H and O–H groups in total. The fraction of sp³-hybridized carbons (Fsp3) is 0.400. The van der Waals surface area contributed by atoms with E-state index in [1.165, 1.54) is 27.9 Å². The van der Waals surface area contributed by atoms with E-state index < -0.39 is 0 Å². The van der Waals surface area contributed by atoms with Crippen molar-refractivity contribution in [3.8, 4) is 5.75 Å². The summed E-state index contributed by atoms with van der Waals surface area (Å²) in [6.07, 6.45) is 0. The minimum Gasteiger partial charge on any atom is -0.491 e. The van der Waals surface area contributed by atoms with Crippen LogP contribution in [0.1, 0.15) is 42.0 Å². The van der Waals surface area contributed by atoms with Gasteiger partial charge in [0.15, 0.2) is 0 Å². The third-order valence-electron chi connectivity index (χ3n) is 3.86. The molecule has 2 rings (SSSR count). The monoisotopic (exact) mass is 297 g/mol. The van der Waals surface area contributed by atoms with Gasteiger partial charge in [0.05, 0.1) is 0 Å². The first kappa shape index (κ1) is 16.4. The molecule has 0 aliphatic carbocycles. The van der Waals surface area contributed by atoms with Gasteiger partial charge in [0.1, 0.15) is 12.4 Å². The van der Waals surface area contributed by atoms with E-state index in [1.54, 1.807) is 0 Å². The van der Waals surface area contributed by atoms with Crippen molar-refractivity contribution in [3.05, 3.63) is 58.7 Å². The lowest BCUT2D eigenvalue weighted by Crippen LogP contribution is -2.13. The predicted octanol–water partition coefficient (Wildman–Crippen LogP) is 5.23. The Balaban J connectivity index is 1.94. The van der Waals surface area contributed by atoms with E-state index in [9.17, 15) is 0 Å². The molecule has 0 radical (unpaired) electrons. The molecule has 2 aromatic carbocycles. The Morgan fingerprint density at radius 2 is 1.64 bits per heavy atom.